The number of hydrogen-bond acceptors (Lipinski definition) is 7. The largest absolute Gasteiger partial charge is 0.453 e. The highest BCUT2D eigenvalue weighted by Crippen LogP contribution is 2.33. The highest BCUT2D eigenvalue weighted by Gasteiger charge is 2.25. The van der Waals surface area contributed by atoms with Crippen molar-refractivity contribution < 1.29 is 28.6 Å². The van der Waals surface area contributed by atoms with Gasteiger partial charge in [0.2, 0.25) is 5.91 Å². The zero-order chi connectivity index (χ0) is 32.4. The maximum Gasteiger partial charge on any atom is 0.411 e. The van der Waals surface area contributed by atoms with Gasteiger partial charge in [-0.15, -0.1) is 13.2 Å². The molecule has 43 heavy (non-hydrogen) atoms. The summed E-state index contributed by atoms with van der Waals surface area (Å²) in [6.45, 7) is 22.3. The number of alkyl carbamates (subject to hydrolysis) is 1. The molecule has 0 aliphatic heterocycles. The molecule has 0 spiro atoms. The van der Waals surface area contributed by atoms with Crippen molar-refractivity contribution in [3.05, 3.63) is 55.5 Å². The third-order valence-electron chi connectivity index (χ3n) is 6.19. The van der Waals surface area contributed by atoms with Crippen molar-refractivity contribution in [1.82, 2.24) is 14.9 Å². The fraction of sp³-hybridized carbons (Fsp3) is 0.484. The molecule has 2 rings (SSSR count). The number of benzene rings is 1. The molecule has 0 radical (unpaired) electrons. The van der Waals surface area contributed by atoms with Crippen LogP contribution in [0.3, 0.4) is 0 Å². The number of imidazole rings is 1. The molecule has 2 atom stereocenters. The van der Waals surface area contributed by atoms with Gasteiger partial charge in [0.1, 0.15) is 18.2 Å². The minimum Gasteiger partial charge on any atom is -0.453 e. The van der Waals surface area contributed by atoms with E-state index in [1.54, 1.807) is 58.0 Å². The van der Waals surface area contributed by atoms with Gasteiger partial charge in [0, 0.05) is 32.1 Å². The molecule has 1 heterocycles. The predicted molar refractivity (Wildman–Crippen MR) is 173 cm³/mol. The van der Waals surface area contributed by atoms with Gasteiger partial charge in [-0.1, -0.05) is 38.7 Å². The zero-order valence-corrected chi connectivity index (χ0v) is 27.7. The molecule has 0 saturated carbocycles. The van der Waals surface area contributed by atoms with Crippen LogP contribution in [0.2, 0.25) is 25.7 Å². The molecule has 0 fully saturated rings. The first-order valence-corrected chi connectivity index (χ1v) is 18.0. The Balaban J connectivity index is 2.59. The highest BCUT2D eigenvalue weighted by atomic mass is 28.3. The molecule has 0 aliphatic rings. The van der Waals surface area contributed by atoms with E-state index >= 15 is 0 Å². The van der Waals surface area contributed by atoms with Gasteiger partial charge in [0.15, 0.2) is 0 Å². The molecule has 1 aromatic carbocycles. The lowest BCUT2D eigenvalue weighted by molar-refractivity contribution is -0.118. The van der Waals surface area contributed by atoms with E-state index in [9.17, 15) is 14.4 Å². The Morgan fingerprint density at radius 2 is 1.81 bits per heavy atom. The van der Waals surface area contributed by atoms with E-state index in [1.165, 1.54) is 7.11 Å². The molecule has 0 bridgehead atoms. The molecule has 0 unspecified atom stereocenters. The Morgan fingerprint density at radius 3 is 2.40 bits per heavy atom. The monoisotopic (exact) mass is 613 g/mol. The second kappa shape index (κ2) is 15.5. The summed E-state index contributed by atoms with van der Waals surface area (Å²) in [5, 5.41) is 8.45. The number of nitrogens with one attached hydrogen (secondary N) is 3. The lowest BCUT2D eigenvalue weighted by Crippen LogP contribution is -2.36. The number of aromatic nitrogens is 2. The third kappa shape index (κ3) is 11.7. The summed E-state index contributed by atoms with van der Waals surface area (Å²) in [7, 11) is -0.0473. The molecule has 12 heteroatoms. The van der Waals surface area contributed by atoms with Crippen LogP contribution in [0.25, 0.3) is 11.3 Å². The fourth-order valence-corrected chi connectivity index (χ4v) is 4.56. The van der Waals surface area contributed by atoms with Crippen LogP contribution in [0, 0.1) is 5.92 Å². The summed E-state index contributed by atoms with van der Waals surface area (Å²) in [6, 6.07) is 5.47. The number of nitrogens with zero attached hydrogens (tertiary/aromatic N) is 2. The second-order valence-electron chi connectivity index (χ2n) is 12.4. The van der Waals surface area contributed by atoms with E-state index in [0.29, 0.717) is 41.5 Å². The summed E-state index contributed by atoms with van der Waals surface area (Å²) in [5.74, 6) is -0.216. The van der Waals surface area contributed by atoms with E-state index in [4.69, 9.17) is 19.2 Å². The standard InChI is InChI=1S/C31H47N5O6Si/c1-11-13-24(35-30(39)42-31(4,5)6)27-33-26(19-36(27)20-41-16-17-43(8,9)10)23-15-14-22(32-29(38)40-7)18-25(23)34-28(37)21(3)12-2/h11-12,14-15,18-19,21,24H,1-2,13,16-17,20H2,3-10H3,(H,32,38)(H,34,37)(H,35,39)/t21-,24+/m1/s1. The molecular formula is C31H47N5O6Si. The summed E-state index contributed by atoms with van der Waals surface area (Å²) >= 11 is 0. The topological polar surface area (TPSA) is 133 Å². The minimum atomic E-state index is -1.31. The first kappa shape index (κ1) is 35.3. The van der Waals surface area contributed by atoms with Gasteiger partial charge in [-0.3, -0.25) is 10.1 Å². The first-order valence-electron chi connectivity index (χ1n) is 14.2. The van der Waals surface area contributed by atoms with Crippen molar-refractivity contribution >= 4 is 37.5 Å². The smallest absolute Gasteiger partial charge is 0.411 e. The van der Waals surface area contributed by atoms with Crippen molar-refractivity contribution in [3.8, 4) is 11.3 Å². The molecular weight excluding hydrogens is 566 g/mol. The Bertz CT molecular complexity index is 1290. The van der Waals surface area contributed by atoms with Gasteiger partial charge < -0.3 is 29.4 Å². The Hall–Kier alpha value is -3.90. The number of amides is 3. The van der Waals surface area contributed by atoms with E-state index in [0.717, 1.165) is 6.04 Å². The number of rotatable bonds is 14. The molecule has 0 saturated heterocycles. The van der Waals surface area contributed by atoms with Crippen molar-refractivity contribution in [3.63, 3.8) is 0 Å². The van der Waals surface area contributed by atoms with Crippen LogP contribution in [0.15, 0.2) is 49.7 Å². The van der Waals surface area contributed by atoms with Crippen LogP contribution >= 0.6 is 0 Å². The van der Waals surface area contributed by atoms with E-state index in [1.807, 2.05) is 10.8 Å². The van der Waals surface area contributed by atoms with Crippen molar-refractivity contribution in [2.45, 2.75) is 78.2 Å². The lowest BCUT2D eigenvalue weighted by atomic mass is 10.1. The number of methoxy groups -OCH3 is 1. The number of hydrogen-bond donors (Lipinski definition) is 3. The van der Waals surface area contributed by atoms with Crippen LogP contribution < -0.4 is 16.0 Å². The fourth-order valence-electron chi connectivity index (χ4n) is 3.80. The Morgan fingerprint density at radius 1 is 1.12 bits per heavy atom. The van der Waals surface area contributed by atoms with Crippen molar-refractivity contribution in [2.24, 2.45) is 5.92 Å². The van der Waals surface area contributed by atoms with Crippen molar-refractivity contribution in [2.75, 3.05) is 24.4 Å². The third-order valence-corrected chi connectivity index (χ3v) is 7.90. The number of carbonyl (C=O) groups is 3. The van der Waals surface area contributed by atoms with Gasteiger partial charge in [-0.05, 0) is 51.4 Å². The maximum absolute atomic E-state index is 12.9. The molecule has 236 valence electrons. The quantitative estimate of drug-likeness (QED) is 0.119. The normalized spacial score (nSPS) is 12.9. The summed E-state index contributed by atoms with van der Waals surface area (Å²) in [5.41, 5.74) is 1.28. The zero-order valence-electron chi connectivity index (χ0n) is 26.7. The van der Waals surface area contributed by atoms with Crippen LogP contribution in [0.5, 0.6) is 0 Å². The highest BCUT2D eigenvalue weighted by molar-refractivity contribution is 6.76. The van der Waals surface area contributed by atoms with E-state index < -0.39 is 37.8 Å². The lowest BCUT2D eigenvalue weighted by Gasteiger charge is -2.23. The van der Waals surface area contributed by atoms with E-state index in [2.05, 4.69) is 48.7 Å². The van der Waals surface area contributed by atoms with Gasteiger partial charge in [0.25, 0.3) is 0 Å². The van der Waals surface area contributed by atoms with Crippen LogP contribution in [0.1, 0.15) is 46.0 Å². The first-order chi connectivity index (χ1) is 20.1. The molecule has 2 aromatic rings. The number of ether oxygens (including phenoxy) is 3. The number of carbonyl (C=O) groups excluding carboxylic acids is 3. The Kier molecular flexibility index (Phi) is 12.7. The van der Waals surface area contributed by atoms with Crippen molar-refractivity contribution in [1.29, 1.82) is 0 Å². The van der Waals surface area contributed by atoms with Gasteiger partial charge >= 0.3 is 12.2 Å². The summed E-state index contributed by atoms with van der Waals surface area (Å²) in [4.78, 5) is 42.4. The summed E-state index contributed by atoms with van der Waals surface area (Å²) in [6.07, 6.45) is 4.20. The molecule has 1 aromatic heterocycles. The predicted octanol–water partition coefficient (Wildman–Crippen LogP) is 6.94. The Labute approximate surface area is 256 Å². The van der Waals surface area contributed by atoms with Gasteiger partial charge in [-0.25, -0.2) is 14.6 Å². The molecule has 3 N–H and O–H groups in total. The molecule has 3 amide bonds. The summed E-state index contributed by atoms with van der Waals surface area (Å²) < 4.78 is 18.1. The van der Waals surface area contributed by atoms with E-state index in [-0.39, 0.29) is 12.6 Å². The van der Waals surface area contributed by atoms with Gasteiger partial charge in [-0.2, -0.15) is 0 Å². The second-order valence-corrected chi connectivity index (χ2v) is 18.0. The number of anilines is 2. The van der Waals surface area contributed by atoms with Crippen LogP contribution in [-0.4, -0.2) is 55.0 Å². The molecule has 0 aliphatic carbocycles. The molecule has 11 nitrogen and oxygen atoms in total. The SMILES string of the molecule is C=CC[C@H](NC(=O)OC(C)(C)C)c1nc(-c2ccc(NC(=O)OC)cc2NC(=O)[C@H](C)C=C)cn1COCC[Si](C)(C)C. The minimum absolute atomic E-state index is 0.202. The maximum atomic E-state index is 12.9. The van der Waals surface area contributed by atoms with Crippen LogP contribution in [-0.2, 0) is 25.7 Å². The average molecular weight is 614 g/mol. The van der Waals surface area contributed by atoms with Crippen LogP contribution in [0.4, 0.5) is 21.0 Å². The van der Waals surface area contributed by atoms with Gasteiger partial charge in [0.05, 0.1) is 30.5 Å². The average Bonchev–Trinajstić information content (AvgIpc) is 3.32.